The van der Waals surface area contributed by atoms with Gasteiger partial charge in [0, 0.05) is 0 Å². The van der Waals surface area contributed by atoms with E-state index in [0.29, 0.717) is 11.3 Å². The first-order valence-corrected chi connectivity index (χ1v) is 5.99. The van der Waals surface area contributed by atoms with Gasteiger partial charge in [-0.2, -0.15) is 0 Å². The smallest absolute Gasteiger partial charge is 0.0103 e. The first-order chi connectivity index (χ1) is 6.88. The molecule has 0 N–H and O–H groups in total. The maximum atomic E-state index is 2.36. The molecule has 0 aliphatic heterocycles. The van der Waals surface area contributed by atoms with Crippen molar-refractivity contribution in [2.45, 2.75) is 59.3 Å². The van der Waals surface area contributed by atoms with E-state index in [1.807, 2.05) is 0 Å². The largest absolute Gasteiger partial charge is 0.0646 e. The summed E-state index contributed by atoms with van der Waals surface area (Å²) in [6.45, 7) is 13.7. The Bertz CT molecular complexity index is 332. The molecule has 84 valence electrons. The molecule has 0 nitrogen and oxygen atoms in total. The summed E-state index contributed by atoms with van der Waals surface area (Å²) in [6.07, 6.45) is 1.19. The lowest BCUT2D eigenvalue weighted by molar-refractivity contribution is 0.498. The van der Waals surface area contributed by atoms with E-state index in [0.717, 1.165) is 0 Å². The van der Waals surface area contributed by atoms with E-state index < -0.39 is 0 Å². The Morgan fingerprint density at radius 1 is 1.20 bits per heavy atom. The Morgan fingerprint density at radius 2 is 1.80 bits per heavy atom. The minimum Gasteiger partial charge on any atom is -0.0646 e. The zero-order valence-electron chi connectivity index (χ0n) is 11.0. The van der Waals surface area contributed by atoms with Crippen molar-refractivity contribution in [3.8, 4) is 0 Å². The standard InChI is InChI=1S/C15H24/c1-7-15(5,6)14-10-12(4)8-9-13(14)11(2)3/h8-11H,7H2,1-6H3. The number of rotatable bonds is 3. The van der Waals surface area contributed by atoms with E-state index in [2.05, 4.69) is 59.7 Å². The molecule has 0 atom stereocenters. The van der Waals surface area contributed by atoms with Gasteiger partial charge in [0.2, 0.25) is 0 Å². The van der Waals surface area contributed by atoms with Gasteiger partial charge in [0.15, 0.2) is 0 Å². The molecule has 0 radical (unpaired) electrons. The van der Waals surface area contributed by atoms with Gasteiger partial charge in [-0.15, -0.1) is 0 Å². The maximum absolute atomic E-state index is 2.36. The van der Waals surface area contributed by atoms with Gasteiger partial charge in [-0.1, -0.05) is 58.4 Å². The van der Waals surface area contributed by atoms with Crippen molar-refractivity contribution in [1.82, 2.24) is 0 Å². The third kappa shape index (κ3) is 2.62. The molecule has 0 heterocycles. The minimum atomic E-state index is 0.297. The quantitative estimate of drug-likeness (QED) is 0.663. The van der Waals surface area contributed by atoms with Crippen molar-refractivity contribution < 1.29 is 0 Å². The van der Waals surface area contributed by atoms with Gasteiger partial charge < -0.3 is 0 Å². The van der Waals surface area contributed by atoms with E-state index in [1.54, 1.807) is 0 Å². The molecule has 0 aliphatic rings. The summed E-state index contributed by atoms with van der Waals surface area (Å²) in [6, 6.07) is 6.89. The third-order valence-electron chi connectivity index (χ3n) is 3.44. The fourth-order valence-electron chi connectivity index (χ4n) is 1.95. The average Bonchev–Trinajstić information content (AvgIpc) is 2.17. The van der Waals surface area contributed by atoms with E-state index in [4.69, 9.17) is 0 Å². The maximum Gasteiger partial charge on any atom is -0.0103 e. The number of hydrogen-bond donors (Lipinski definition) is 0. The molecule has 0 bridgehead atoms. The summed E-state index contributed by atoms with van der Waals surface area (Å²) in [5, 5.41) is 0. The van der Waals surface area contributed by atoms with Gasteiger partial charge in [-0.05, 0) is 35.8 Å². The third-order valence-corrected chi connectivity index (χ3v) is 3.44. The predicted octanol–water partition coefficient (Wildman–Crippen LogP) is 4.81. The molecule has 0 spiro atoms. The van der Waals surface area contributed by atoms with Crippen molar-refractivity contribution in [2.75, 3.05) is 0 Å². The normalized spacial score (nSPS) is 12.2. The lowest BCUT2D eigenvalue weighted by atomic mass is 9.77. The van der Waals surface area contributed by atoms with Crippen LogP contribution in [0.2, 0.25) is 0 Å². The van der Waals surface area contributed by atoms with Crippen LogP contribution in [-0.2, 0) is 5.41 Å². The summed E-state index contributed by atoms with van der Waals surface area (Å²) in [7, 11) is 0. The Kier molecular flexibility index (Phi) is 3.59. The van der Waals surface area contributed by atoms with Crippen molar-refractivity contribution in [3.63, 3.8) is 0 Å². The SMILES string of the molecule is CCC(C)(C)c1cc(C)ccc1C(C)C. The van der Waals surface area contributed by atoms with Crippen LogP contribution >= 0.6 is 0 Å². The van der Waals surface area contributed by atoms with Crippen LogP contribution in [0, 0.1) is 6.92 Å². The summed E-state index contributed by atoms with van der Waals surface area (Å²) in [5.74, 6) is 0.617. The lowest BCUT2D eigenvalue weighted by Crippen LogP contribution is -2.18. The van der Waals surface area contributed by atoms with Crippen LogP contribution in [0.25, 0.3) is 0 Å². The fourth-order valence-corrected chi connectivity index (χ4v) is 1.95. The van der Waals surface area contributed by atoms with E-state index in [1.165, 1.54) is 23.1 Å². The first-order valence-electron chi connectivity index (χ1n) is 5.99. The van der Waals surface area contributed by atoms with Gasteiger partial charge in [-0.25, -0.2) is 0 Å². The molecule has 0 fully saturated rings. The summed E-state index contributed by atoms with van der Waals surface area (Å²) >= 11 is 0. The van der Waals surface area contributed by atoms with E-state index in [-0.39, 0.29) is 0 Å². The van der Waals surface area contributed by atoms with Gasteiger partial charge in [0.1, 0.15) is 0 Å². The molecule has 0 saturated heterocycles. The predicted molar refractivity (Wildman–Crippen MR) is 68.6 cm³/mol. The topological polar surface area (TPSA) is 0 Å². The number of benzene rings is 1. The van der Waals surface area contributed by atoms with Crippen molar-refractivity contribution >= 4 is 0 Å². The Labute approximate surface area is 94.7 Å². The Hall–Kier alpha value is -0.780. The van der Waals surface area contributed by atoms with Crippen LogP contribution in [-0.4, -0.2) is 0 Å². The van der Waals surface area contributed by atoms with E-state index in [9.17, 15) is 0 Å². The first kappa shape index (κ1) is 12.3. The molecule has 0 amide bonds. The highest BCUT2D eigenvalue weighted by Crippen LogP contribution is 2.33. The molecule has 15 heavy (non-hydrogen) atoms. The molecule has 0 aromatic heterocycles. The summed E-state index contributed by atoms with van der Waals surface area (Å²) in [5.41, 5.74) is 4.70. The molecule has 0 saturated carbocycles. The second kappa shape index (κ2) is 4.38. The minimum absolute atomic E-state index is 0.297. The lowest BCUT2D eigenvalue weighted by Gasteiger charge is -2.28. The second-order valence-corrected chi connectivity index (χ2v) is 5.48. The number of hydrogen-bond acceptors (Lipinski definition) is 0. The highest BCUT2D eigenvalue weighted by atomic mass is 14.3. The van der Waals surface area contributed by atoms with Crippen LogP contribution in [0.15, 0.2) is 18.2 Å². The monoisotopic (exact) mass is 204 g/mol. The zero-order valence-corrected chi connectivity index (χ0v) is 11.0. The van der Waals surface area contributed by atoms with Crippen LogP contribution in [0.3, 0.4) is 0 Å². The highest BCUT2D eigenvalue weighted by Gasteiger charge is 2.22. The molecule has 0 unspecified atom stereocenters. The van der Waals surface area contributed by atoms with E-state index >= 15 is 0 Å². The Morgan fingerprint density at radius 3 is 2.27 bits per heavy atom. The van der Waals surface area contributed by atoms with Crippen LogP contribution in [0.1, 0.15) is 63.6 Å². The molecule has 1 aromatic rings. The molecule has 0 aliphatic carbocycles. The fraction of sp³-hybridized carbons (Fsp3) is 0.600. The van der Waals surface area contributed by atoms with Crippen LogP contribution in [0.5, 0.6) is 0 Å². The van der Waals surface area contributed by atoms with Crippen LogP contribution < -0.4 is 0 Å². The van der Waals surface area contributed by atoms with Gasteiger partial charge >= 0.3 is 0 Å². The molecule has 0 heteroatoms. The second-order valence-electron chi connectivity index (χ2n) is 5.48. The zero-order chi connectivity index (χ0) is 11.6. The average molecular weight is 204 g/mol. The van der Waals surface area contributed by atoms with Crippen molar-refractivity contribution in [2.24, 2.45) is 0 Å². The summed E-state index contributed by atoms with van der Waals surface area (Å²) < 4.78 is 0. The molecule has 1 aromatic carbocycles. The Balaban J connectivity index is 3.30. The van der Waals surface area contributed by atoms with Gasteiger partial charge in [-0.3, -0.25) is 0 Å². The molecular weight excluding hydrogens is 180 g/mol. The molecular formula is C15H24. The number of aryl methyl sites for hydroxylation is 1. The van der Waals surface area contributed by atoms with Crippen LogP contribution in [0.4, 0.5) is 0 Å². The molecule has 1 rings (SSSR count). The van der Waals surface area contributed by atoms with Crippen molar-refractivity contribution in [1.29, 1.82) is 0 Å². The van der Waals surface area contributed by atoms with Crippen molar-refractivity contribution in [3.05, 3.63) is 34.9 Å². The summed E-state index contributed by atoms with van der Waals surface area (Å²) in [4.78, 5) is 0. The van der Waals surface area contributed by atoms with Gasteiger partial charge in [0.05, 0.1) is 0 Å². The van der Waals surface area contributed by atoms with Gasteiger partial charge in [0.25, 0.3) is 0 Å². The highest BCUT2D eigenvalue weighted by molar-refractivity contribution is 5.38.